The second kappa shape index (κ2) is 4.26. The third kappa shape index (κ3) is 2.32. The molecular weight excluding hydrogens is 245 g/mol. The third-order valence-corrected chi connectivity index (χ3v) is 2.82. The molecule has 0 aliphatic heterocycles. The Morgan fingerprint density at radius 2 is 2.00 bits per heavy atom. The number of hydrogen-bond acceptors (Lipinski definition) is 2. The number of aromatic nitrogens is 2. The molecule has 3 nitrogen and oxygen atoms in total. The number of halogens is 3. The van der Waals surface area contributed by atoms with E-state index in [1.165, 1.54) is 10.8 Å². The Morgan fingerprint density at radius 3 is 2.44 bits per heavy atom. The Bertz CT molecular complexity index is 512. The van der Waals surface area contributed by atoms with Crippen molar-refractivity contribution in [3.63, 3.8) is 0 Å². The number of alkyl halides is 3. The summed E-state index contributed by atoms with van der Waals surface area (Å²) in [5.74, 6) is -0.0462. The van der Waals surface area contributed by atoms with Gasteiger partial charge in [0.05, 0.1) is 5.69 Å². The van der Waals surface area contributed by atoms with Gasteiger partial charge in [0.2, 0.25) is 0 Å². The van der Waals surface area contributed by atoms with E-state index in [1.807, 2.05) is 0 Å². The summed E-state index contributed by atoms with van der Waals surface area (Å²) >= 11 is 0. The molecule has 0 spiro atoms. The van der Waals surface area contributed by atoms with Gasteiger partial charge in [0.1, 0.15) is 0 Å². The number of nitrogens with zero attached hydrogens (tertiary/aromatic N) is 2. The lowest BCUT2D eigenvalue weighted by molar-refractivity contribution is -0.141. The molecule has 0 saturated heterocycles. The van der Waals surface area contributed by atoms with Crippen molar-refractivity contribution in [2.45, 2.75) is 38.9 Å². The Hall–Kier alpha value is -1.59. The first-order valence-corrected chi connectivity index (χ1v) is 5.69. The number of carbonyl (C=O) groups is 1. The summed E-state index contributed by atoms with van der Waals surface area (Å²) in [6.07, 6.45) is -2.21. The van der Waals surface area contributed by atoms with Crippen LogP contribution in [-0.2, 0) is 11.0 Å². The molecule has 6 heteroatoms. The maximum absolute atomic E-state index is 12.6. The van der Waals surface area contributed by atoms with Crippen molar-refractivity contribution in [3.8, 4) is 0 Å². The number of hydrogen-bond donors (Lipinski definition) is 0. The molecule has 98 valence electrons. The van der Waals surface area contributed by atoms with Gasteiger partial charge in [0, 0.05) is 12.5 Å². The molecule has 0 saturated carbocycles. The van der Waals surface area contributed by atoms with E-state index in [0.29, 0.717) is 24.1 Å². The van der Waals surface area contributed by atoms with E-state index in [9.17, 15) is 18.0 Å². The highest BCUT2D eigenvalue weighted by molar-refractivity contribution is 6.01. The van der Waals surface area contributed by atoms with Crippen molar-refractivity contribution in [2.75, 3.05) is 0 Å². The Kier molecular flexibility index (Phi) is 3.04. The highest BCUT2D eigenvalue weighted by atomic mass is 19.4. The number of rotatable bonds is 2. The molecule has 0 atom stereocenters. The highest BCUT2D eigenvalue weighted by Crippen LogP contribution is 2.34. The van der Waals surface area contributed by atoms with Gasteiger partial charge in [-0.1, -0.05) is 0 Å². The van der Waals surface area contributed by atoms with E-state index in [4.69, 9.17) is 0 Å². The lowest BCUT2D eigenvalue weighted by atomic mass is 10.1. The van der Waals surface area contributed by atoms with Crippen molar-refractivity contribution >= 4 is 11.4 Å². The van der Waals surface area contributed by atoms with Crippen molar-refractivity contribution < 1.29 is 18.0 Å². The average Bonchev–Trinajstić information content (AvgIpc) is 2.81. The SMILES string of the molecule is CC(C)n1nc(C(F)(F)F)cc1C1=CC(=O)CC1. The largest absolute Gasteiger partial charge is 0.435 e. The van der Waals surface area contributed by atoms with Crippen LogP contribution in [0, 0.1) is 0 Å². The van der Waals surface area contributed by atoms with Crippen LogP contribution in [0.1, 0.15) is 44.1 Å². The smallest absolute Gasteiger partial charge is 0.295 e. The van der Waals surface area contributed by atoms with E-state index in [-0.39, 0.29) is 11.8 Å². The van der Waals surface area contributed by atoms with Crippen LogP contribution in [0.2, 0.25) is 0 Å². The monoisotopic (exact) mass is 258 g/mol. The summed E-state index contributed by atoms with van der Waals surface area (Å²) < 4.78 is 39.3. The summed E-state index contributed by atoms with van der Waals surface area (Å²) in [6.45, 7) is 3.52. The predicted octanol–water partition coefficient (Wildman–Crippen LogP) is 3.23. The van der Waals surface area contributed by atoms with Crippen LogP contribution < -0.4 is 0 Å². The minimum atomic E-state index is -4.46. The predicted molar refractivity (Wildman–Crippen MR) is 59.8 cm³/mol. The fourth-order valence-corrected chi connectivity index (χ4v) is 1.96. The third-order valence-electron chi connectivity index (χ3n) is 2.82. The van der Waals surface area contributed by atoms with E-state index in [0.717, 1.165) is 6.07 Å². The van der Waals surface area contributed by atoms with Crippen LogP contribution >= 0.6 is 0 Å². The first-order valence-electron chi connectivity index (χ1n) is 5.69. The molecule has 0 amide bonds. The molecule has 0 N–H and O–H groups in total. The van der Waals surface area contributed by atoms with Crippen LogP contribution in [-0.4, -0.2) is 15.6 Å². The van der Waals surface area contributed by atoms with Crippen LogP contribution in [0.4, 0.5) is 13.2 Å². The van der Waals surface area contributed by atoms with Crippen LogP contribution in [0.25, 0.3) is 5.57 Å². The number of ketones is 1. The molecule has 0 radical (unpaired) electrons. The first kappa shape index (κ1) is 12.9. The van der Waals surface area contributed by atoms with Gasteiger partial charge in [0.15, 0.2) is 11.5 Å². The highest BCUT2D eigenvalue weighted by Gasteiger charge is 2.36. The lowest BCUT2D eigenvalue weighted by Gasteiger charge is -2.11. The first-order chi connectivity index (χ1) is 8.29. The topological polar surface area (TPSA) is 34.9 Å². The normalized spacial score (nSPS) is 16.6. The number of allylic oxidation sites excluding steroid dienone is 2. The van der Waals surface area contributed by atoms with Gasteiger partial charge in [-0.2, -0.15) is 18.3 Å². The molecule has 1 aromatic heterocycles. The van der Waals surface area contributed by atoms with Crippen molar-refractivity contribution in [1.29, 1.82) is 0 Å². The van der Waals surface area contributed by atoms with E-state index >= 15 is 0 Å². The molecule has 0 aromatic carbocycles. The molecule has 1 heterocycles. The lowest BCUT2D eigenvalue weighted by Crippen LogP contribution is -2.10. The molecule has 0 bridgehead atoms. The minimum Gasteiger partial charge on any atom is -0.295 e. The van der Waals surface area contributed by atoms with Gasteiger partial charge in [-0.3, -0.25) is 9.48 Å². The Balaban J connectivity index is 2.49. The van der Waals surface area contributed by atoms with Gasteiger partial charge in [0.25, 0.3) is 0 Å². The molecule has 0 fully saturated rings. The van der Waals surface area contributed by atoms with E-state index in [2.05, 4.69) is 5.10 Å². The second-order valence-corrected chi connectivity index (χ2v) is 4.59. The maximum atomic E-state index is 12.6. The van der Waals surface area contributed by atoms with Crippen molar-refractivity contribution in [3.05, 3.63) is 23.5 Å². The van der Waals surface area contributed by atoms with Crippen LogP contribution in [0.15, 0.2) is 12.1 Å². The fraction of sp³-hybridized carbons (Fsp3) is 0.500. The van der Waals surface area contributed by atoms with Gasteiger partial charge in [-0.25, -0.2) is 0 Å². The van der Waals surface area contributed by atoms with Gasteiger partial charge < -0.3 is 0 Å². The van der Waals surface area contributed by atoms with Gasteiger partial charge >= 0.3 is 6.18 Å². The summed E-state index contributed by atoms with van der Waals surface area (Å²) in [7, 11) is 0. The van der Waals surface area contributed by atoms with Crippen LogP contribution in [0.3, 0.4) is 0 Å². The Labute approximate surface area is 102 Å². The van der Waals surface area contributed by atoms with Crippen LogP contribution in [0.5, 0.6) is 0 Å². The van der Waals surface area contributed by atoms with Crippen molar-refractivity contribution in [2.24, 2.45) is 0 Å². The second-order valence-electron chi connectivity index (χ2n) is 4.59. The Morgan fingerprint density at radius 1 is 1.33 bits per heavy atom. The van der Waals surface area contributed by atoms with Gasteiger partial charge in [-0.15, -0.1) is 0 Å². The average molecular weight is 258 g/mol. The summed E-state index contributed by atoms with van der Waals surface area (Å²) in [6, 6.07) is 0.831. The minimum absolute atomic E-state index is 0.0462. The summed E-state index contributed by atoms with van der Waals surface area (Å²) in [5, 5.41) is 3.59. The van der Waals surface area contributed by atoms with E-state index in [1.54, 1.807) is 13.8 Å². The zero-order chi connectivity index (χ0) is 13.5. The summed E-state index contributed by atoms with van der Waals surface area (Å²) in [5.41, 5.74) is 0.117. The molecule has 0 unspecified atom stereocenters. The van der Waals surface area contributed by atoms with Gasteiger partial charge in [-0.05, 0) is 38.0 Å². The van der Waals surface area contributed by atoms with Crippen molar-refractivity contribution in [1.82, 2.24) is 9.78 Å². The molecule has 1 aliphatic carbocycles. The zero-order valence-electron chi connectivity index (χ0n) is 10.1. The van der Waals surface area contributed by atoms with E-state index < -0.39 is 11.9 Å². The fourth-order valence-electron chi connectivity index (χ4n) is 1.96. The molecule has 1 aliphatic rings. The zero-order valence-corrected chi connectivity index (χ0v) is 10.1. The maximum Gasteiger partial charge on any atom is 0.435 e. The quantitative estimate of drug-likeness (QED) is 0.816. The standard InChI is InChI=1S/C12H13F3N2O/c1-7(2)17-10(8-3-4-9(18)5-8)6-11(16-17)12(13,14)15/h5-7H,3-4H2,1-2H3. The molecule has 1 aromatic rings. The number of carbonyl (C=O) groups excluding carboxylic acids is 1. The molecular formula is C12H13F3N2O. The summed E-state index contributed by atoms with van der Waals surface area (Å²) in [4.78, 5) is 11.2. The molecule has 18 heavy (non-hydrogen) atoms. The molecule has 2 rings (SSSR count).